The van der Waals surface area contributed by atoms with Crippen LogP contribution >= 0.6 is 0 Å². The molecule has 0 fully saturated rings. The summed E-state index contributed by atoms with van der Waals surface area (Å²) in [6.07, 6.45) is 3.99. The van der Waals surface area contributed by atoms with E-state index in [-0.39, 0.29) is 12.3 Å². The Hall–Kier alpha value is -1.91. The van der Waals surface area contributed by atoms with Crippen molar-refractivity contribution in [1.29, 1.82) is 0 Å². The number of amides is 1. The molecule has 0 aliphatic heterocycles. The zero-order valence-electron chi connectivity index (χ0n) is 10.8. The van der Waals surface area contributed by atoms with Gasteiger partial charge in [0.1, 0.15) is 6.42 Å². The smallest absolute Gasteiger partial charge is 0.315 e. The second-order valence-corrected chi connectivity index (χ2v) is 3.90. The number of esters is 1. The van der Waals surface area contributed by atoms with Crippen molar-refractivity contribution >= 4 is 11.9 Å². The van der Waals surface area contributed by atoms with E-state index >= 15 is 0 Å². The van der Waals surface area contributed by atoms with E-state index in [2.05, 4.69) is 4.98 Å². The van der Waals surface area contributed by atoms with Gasteiger partial charge in [0.05, 0.1) is 6.61 Å². The lowest BCUT2D eigenvalue weighted by Crippen LogP contribution is -2.31. The normalized spacial score (nSPS) is 9.89. The third kappa shape index (κ3) is 4.95. The zero-order valence-corrected chi connectivity index (χ0v) is 10.8. The first-order valence-electron chi connectivity index (χ1n) is 5.92. The summed E-state index contributed by atoms with van der Waals surface area (Å²) in [4.78, 5) is 28.3. The Morgan fingerprint density at radius 2 is 2.00 bits per heavy atom. The third-order valence-corrected chi connectivity index (χ3v) is 2.51. The number of carbonyl (C=O) groups is 2. The largest absolute Gasteiger partial charge is 0.466 e. The first kappa shape index (κ1) is 14.2. The van der Waals surface area contributed by atoms with Gasteiger partial charge < -0.3 is 9.64 Å². The second kappa shape index (κ2) is 7.42. The maximum atomic E-state index is 11.7. The maximum Gasteiger partial charge on any atom is 0.315 e. The van der Waals surface area contributed by atoms with Gasteiger partial charge in [-0.2, -0.15) is 0 Å². The van der Waals surface area contributed by atoms with E-state index in [9.17, 15) is 9.59 Å². The van der Waals surface area contributed by atoms with Crippen LogP contribution in [0.4, 0.5) is 0 Å². The Kier molecular flexibility index (Phi) is 5.84. The number of rotatable bonds is 6. The first-order valence-corrected chi connectivity index (χ1v) is 5.92. The highest BCUT2D eigenvalue weighted by molar-refractivity contribution is 5.94. The molecule has 0 radical (unpaired) electrons. The van der Waals surface area contributed by atoms with Gasteiger partial charge in [0, 0.05) is 26.0 Å². The molecule has 0 unspecified atom stereocenters. The summed E-state index contributed by atoms with van der Waals surface area (Å²) in [5, 5.41) is 0. The van der Waals surface area contributed by atoms with Gasteiger partial charge in [-0.3, -0.25) is 14.6 Å². The van der Waals surface area contributed by atoms with Crippen molar-refractivity contribution in [3.05, 3.63) is 30.1 Å². The second-order valence-electron chi connectivity index (χ2n) is 3.90. The third-order valence-electron chi connectivity index (χ3n) is 2.51. The van der Waals surface area contributed by atoms with Crippen LogP contribution in [0.25, 0.3) is 0 Å². The lowest BCUT2D eigenvalue weighted by atomic mass is 10.2. The predicted octanol–water partition coefficient (Wildman–Crippen LogP) is 1.04. The van der Waals surface area contributed by atoms with Crippen LogP contribution in [0.15, 0.2) is 24.5 Å². The molecule has 0 N–H and O–H groups in total. The van der Waals surface area contributed by atoms with E-state index in [4.69, 9.17) is 4.74 Å². The fraction of sp³-hybridized carbons (Fsp3) is 0.462. The summed E-state index contributed by atoms with van der Waals surface area (Å²) in [5.41, 5.74) is 1.11. The van der Waals surface area contributed by atoms with E-state index in [1.165, 1.54) is 4.90 Å². The Labute approximate surface area is 107 Å². The Morgan fingerprint density at radius 1 is 1.33 bits per heavy atom. The van der Waals surface area contributed by atoms with Crippen molar-refractivity contribution in [2.45, 2.75) is 19.8 Å². The molecule has 0 aliphatic carbocycles. The molecule has 0 aromatic carbocycles. The fourth-order valence-corrected chi connectivity index (χ4v) is 1.44. The maximum absolute atomic E-state index is 11.7. The molecule has 0 aliphatic rings. The monoisotopic (exact) mass is 250 g/mol. The highest BCUT2D eigenvalue weighted by Crippen LogP contribution is 2.00. The zero-order chi connectivity index (χ0) is 13.4. The van der Waals surface area contributed by atoms with Crippen LogP contribution in [0.1, 0.15) is 18.9 Å². The number of ether oxygens (including phenoxy) is 1. The van der Waals surface area contributed by atoms with E-state index < -0.39 is 5.97 Å². The van der Waals surface area contributed by atoms with Gasteiger partial charge in [0.2, 0.25) is 5.91 Å². The number of nitrogens with zero attached hydrogens (tertiary/aromatic N) is 2. The van der Waals surface area contributed by atoms with Gasteiger partial charge in [0.25, 0.3) is 0 Å². The van der Waals surface area contributed by atoms with Gasteiger partial charge in [-0.1, -0.05) is 0 Å². The predicted molar refractivity (Wildman–Crippen MR) is 66.8 cm³/mol. The minimum Gasteiger partial charge on any atom is -0.466 e. The van der Waals surface area contributed by atoms with Crippen LogP contribution in [-0.2, 0) is 20.7 Å². The van der Waals surface area contributed by atoms with Crippen molar-refractivity contribution in [1.82, 2.24) is 9.88 Å². The standard InChI is InChI=1S/C13H18N2O3/c1-3-18-13(17)10-12(16)15(2)9-6-11-4-7-14-8-5-11/h4-5,7-8H,3,6,9-10H2,1-2H3. The summed E-state index contributed by atoms with van der Waals surface area (Å²) in [6, 6.07) is 3.81. The Balaban J connectivity index is 2.34. The summed E-state index contributed by atoms with van der Waals surface area (Å²) in [5.74, 6) is -0.694. The van der Waals surface area contributed by atoms with Crippen LogP contribution < -0.4 is 0 Å². The van der Waals surface area contributed by atoms with Crippen LogP contribution in [0.3, 0.4) is 0 Å². The van der Waals surface area contributed by atoms with Crippen molar-refractivity contribution < 1.29 is 14.3 Å². The van der Waals surface area contributed by atoms with Gasteiger partial charge in [-0.05, 0) is 31.0 Å². The van der Waals surface area contributed by atoms with Crippen molar-refractivity contribution in [2.24, 2.45) is 0 Å². The first-order chi connectivity index (χ1) is 8.63. The fourth-order valence-electron chi connectivity index (χ4n) is 1.44. The molecule has 5 heteroatoms. The molecule has 98 valence electrons. The molecule has 0 saturated carbocycles. The minimum absolute atomic E-state index is 0.194. The molecule has 5 nitrogen and oxygen atoms in total. The van der Waals surface area contributed by atoms with Crippen molar-refractivity contribution in [3.8, 4) is 0 Å². The van der Waals surface area contributed by atoms with Crippen LogP contribution in [-0.4, -0.2) is 42.0 Å². The number of pyridine rings is 1. The molecule has 18 heavy (non-hydrogen) atoms. The summed E-state index contributed by atoms with van der Waals surface area (Å²) < 4.78 is 4.73. The SMILES string of the molecule is CCOC(=O)CC(=O)N(C)CCc1ccncc1. The molecule has 0 atom stereocenters. The number of carbonyl (C=O) groups excluding carboxylic acids is 2. The number of aromatic nitrogens is 1. The van der Waals surface area contributed by atoms with E-state index in [0.717, 1.165) is 12.0 Å². The molecule has 0 bridgehead atoms. The quantitative estimate of drug-likeness (QED) is 0.559. The summed E-state index contributed by atoms with van der Waals surface area (Å²) >= 11 is 0. The van der Waals surface area contributed by atoms with Crippen molar-refractivity contribution in [3.63, 3.8) is 0 Å². The molecule has 1 heterocycles. The highest BCUT2D eigenvalue weighted by atomic mass is 16.5. The molecule has 1 aromatic heterocycles. The number of likely N-dealkylation sites (N-methyl/N-ethyl adjacent to an activating group) is 1. The van der Waals surface area contributed by atoms with E-state index in [1.807, 2.05) is 12.1 Å². The molecule has 0 saturated heterocycles. The van der Waals surface area contributed by atoms with Gasteiger partial charge >= 0.3 is 5.97 Å². The molecular weight excluding hydrogens is 232 g/mol. The topological polar surface area (TPSA) is 59.5 Å². The molecular formula is C13H18N2O3. The van der Waals surface area contributed by atoms with Crippen LogP contribution in [0.5, 0.6) is 0 Å². The lowest BCUT2D eigenvalue weighted by molar-refractivity contribution is -0.148. The highest BCUT2D eigenvalue weighted by Gasteiger charge is 2.14. The molecule has 1 rings (SSSR count). The number of hydrogen-bond acceptors (Lipinski definition) is 4. The van der Waals surface area contributed by atoms with E-state index in [0.29, 0.717) is 13.2 Å². The molecule has 0 spiro atoms. The van der Waals surface area contributed by atoms with E-state index in [1.54, 1.807) is 26.4 Å². The van der Waals surface area contributed by atoms with Gasteiger partial charge in [-0.25, -0.2) is 0 Å². The number of hydrogen-bond donors (Lipinski definition) is 0. The Bertz CT molecular complexity index is 392. The molecule has 1 amide bonds. The lowest BCUT2D eigenvalue weighted by Gasteiger charge is -2.16. The van der Waals surface area contributed by atoms with Crippen LogP contribution in [0, 0.1) is 0 Å². The van der Waals surface area contributed by atoms with Gasteiger partial charge in [-0.15, -0.1) is 0 Å². The average molecular weight is 250 g/mol. The van der Waals surface area contributed by atoms with Gasteiger partial charge in [0.15, 0.2) is 0 Å². The minimum atomic E-state index is -0.474. The average Bonchev–Trinajstić information content (AvgIpc) is 2.37. The van der Waals surface area contributed by atoms with Crippen LogP contribution in [0.2, 0.25) is 0 Å². The summed E-state index contributed by atoms with van der Waals surface area (Å²) in [7, 11) is 1.68. The molecule has 1 aromatic rings. The Morgan fingerprint density at radius 3 is 2.61 bits per heavy atom. The summed E-state index contributed by atoms with van der Waals surface area (Å²) in [6.45, 7) is 2.59. The van der Waals surface area contributed by atoms with Crippen molar-refractivity contribution in [2.75, 3.05) is 20.2 Å².